The normalized spacial score (nSPS) is 15.0. The number of carbonyl (C=O) groups excluding carboxylic acids is 1. The van der Waals surface area contributed by atoms with E-state index in [1.165, 1.54) is 24.8 Å². The maximum Gasteiger partial charge on any atom is 0.387 e. The van der Waals surface area contributed by atoms with Gasteiger partial charge in [0, 0.05) is 44.5 Å². The van der Waals surface area contributed by atoms with Crippen LogP contribution in [0.15, 0.2) is 35.0 Å². The van der Waals surface area contributed by atoms with Gasteiger partial charge >= 0.3 is 12.6 Å². The second kappa shape index (κ2) is 9.01. The molecule has 2 amide bonds. The van der Waals surface area contributed by atoms with Crippen LogP contribution < -0.4 is 14.8 Å². The first kappa shape index (κ1) is 19.4. The number of urea groups is 1. The highest BCUT2D eigenvalue weighted by atomic mass is 32.1. The molecule has 1 saturated heterocycles. The smallest absolute Gasteiger partial charge is 0.387 e. The molecule has 1 fully saturated rings. The number of carbonyl (C=O) groups is 1. The van der Waals surface area contributed by atoms with Crippen LogP contribution in [-0.2, 0) is 6.54 Å². The Balaban J connectivity index is 1.54. The van der Waals surface area contributed by atoms with Crippen molar-refractivity contribution in [3.63, 3.8) is 0 Å². The predicted molar refractivity (Wildman–Crippen MR) is 99.8 cm³/mol. The van der Waals surface area contributed by atoms with E-state index in [0.717, 1.165) is 19.6 Å². The molecule has 0 aliphatic carbocycles. The summed E-state index contributed by atoms with van der Waals surface area (Å²) in [5.74, 6) is 0.0567. The lowest BCUT2D eigenvalue weighted by Gasteiger charge is -2.34. The number of anilines is 1. The zero-order valence-electron chi connectivity index (χ0n) is 14.9. The van der Waals surface area contributed by atoms with Crippen LogP contribution in [0.3, 0.4) is 0 Å². The molecule has 0 bridgehead atoms. The number of nitrogens with one attached hydrogen (secondary N) is 1. The highest BCUT2D eigenvalue weighted by Gasteiger charge is 2.22. The fraction of sp³-hybridized carbons (Fsp3) is 0.389. The second-order valence-corrected chi connectivity index (χ2v) is 6.85. The Labute approximate surface area is 160 Å². The number of rotatable bonds is 6. The average Bonchev–Trinajstić information content (AvgIpc) is 3.15. The van der Waals surface area contributed by atoms with Crippen molar-refractivity contribution < 1.29 is 23.0 Å². The minimum atomic E-state index is -2.97. The van der Waals surface area contributed by atoms with Gasteiger partial charge in [-0.15, -0.1) is 0 Å². The summed E-state index contributed by atoms with van der Waals surface area (Å²) in [6, 6.07) is 6.23. The number of ether oxygens (including phenoxy) is 2. The average molecular weight is 397 g/mol. The van der Waals surface area contributed by atoms with Crippen LogP contribution in [0.25, 0.3) is 0 Å². The molecular formula is C18H21F2N3O3S. The number of amides is 2. The van der Waals surface area contributed by atoms with Crippen molar-refractivity contribution in [1.82, 2.24) is 9.80 Å². The van der Waals surface area contributed by atoms with Gasteiger partial charge in [-0.3, -0.25) is 4.90 Å². The van der Waals surface area contributed by atoms with Crippen molar-refractivity contribution in [1.29, 1.82) is 0 Å². The molecule has 1 N–H and O–H groups in total. The largest absolute Gasteiger partial charge is 0.493 e. The number of hydrogen-bond donors (Lipinski definition) is 1. The topological polar surface area (TPSA) is 54.0 Å². The maximum absolute atomic E-state index is 12.5. The van der Waals surface area contributed by atoms with E-state index in [1.807, 2.05) is 0 Å². The number of hydrogen-bond acceptors (Lipinski definition) is 5. The Morgan fingerprint density at radius 3 is 2.63 bits per heavy atom. The molecule has 0 spiro atoms. The van der Waals surface area contributed by atoms with Gasteiger partial charge < -0.3 is 19.7 Å². The van der Waals surface area contributed by atoms with E-state index in [4.69, 9.17) is 4.74 Å². The van der Waals surface area contributed by atoms with Crippen LogP contribution in [0.1, 0.15) is 5.56 Å². The molecular weight excluding hydrogens is 376 g/mol. The summed E-state index contributed by atoms with van der Waals surface area (Å²) in [6.45, 7) is 0.684. The van der Waals surface area contributed by atoms with E-state index < -0.39 is 6.61 Å². The number of piperazine rings is 1. The molecule has 0 atom stereocenters. The van der Waals surface area contributed by atoms with Crippen molar-refractivity contribution in [3.05, 3.63) is 40.6 Å². The quantitative estimate of drug-likeness (QED) is 0.808. The molecule has 27 heavy (non-hydrogen) atoms. The fourth-order valence-corrected chi connectivity index (χ4v) is 3.55. The first-order chi connectivity index (χ1) is 13.0. The Morgan fingerprint density at radius 1 is 1.22 bits per heavy atom. The van der Waals surface area contributed by atoms with E-state index in [-0.39, 0.29) is 17.5 Å². The van der Waals surface area contributed by atoms with E-state index in [1.54, 1.807) is 22.3 Å². The zero-order chi connectivity index (χ0) is 19.2. The summed E-state index contributed by atoms with van der Waals surface area (Å²) in [5.41, 5.74) is 1.65. The minimum Gasteiger partial charge on any atom is -0.493 e. The second-order valence-electron chi connectivity index (χ2n) is 6.07. The summed E-state index contributed by atoms with van der Waals surface area (Å²) in [7, 11) is 1.36. The highest BCUT2D eigenvalue weighted by Crippen LogP contribution is 2.31. The predicted octanol–water partition coefficient (Wildman–Crippen LogP) is 3.71. The van der Waals surface area contributed by atoms with Gasteiger partial charge in [0.25, 0.3) is 0 Å². The number of benzene rings is 1. The van der Waals surface area contributed by atoms with Gasteiger partial charge in [-0.1, -0.05) is 0 Å². The molecule has 0 saturated carbocycles. The first-order valence-electron chi connectivity index (χ1n) is 8.47. The summed E-state index contributed by atoms with van der Waals surface area (Å²) in [4.78, 5) is 16.5. The van der Waals surface area contributed by atoms with Gasteiger partial charge in [-0.25, -0.2) is 4.79 Å². The molecule has 1 aromatic carbocycles. The first-order valence-corrected chi connectivity index (χ1v) is 9.41. The summed E-state index contributed by atoms with van der Waals surface area (Å²) < 4.78 is 34.5. The van der Waals surface area contributed by atoms with Crippen molar-refractivity contribution in [3.8, 4) is 11.5 Å². The molecule has 2 heterocycles. The van der Waals surface area contributed by atoms with E-state index in [2.05, 4.69) is 31.8 Å². The summed E-state index contributed by atoms with van der Waals surface area (Å²) >= 11 is 1.67. The van der Waals surface area contributed by atoms with Gasteiger partial charge in [-0.05, 0) is 34.5 Å². The van der Waals surface area contributed by atoms with Gasteiger partial charge in [-0.2, -0.15) is 20.1 Å². The molecule has 146 valence electrons. The van der Waals surface area contributed by atoms with Crippen molar-refractivity contribution >= 4 is 23.1 Å². The van der Waals surface area contributed by atoms with Crippen LogP contribution in [0, 0.1) is 0 Å². The van der Waals surface area contributed by atoms with Crippen LogP contribution >= 0.6 is 11.3 Å². The maximum atomic E-state index is 12.5. The highest BCUT2D eigenvalue weighted by molar-refractivity contribution is 7.07. The van der Waals surface area contributed by atoms with Crippen LogP contribution in [0.4, 0.5) is 19.3 Å². The molecule has 9 heteroatoms. The molecule has 3 rings (SSSR count). The van der Waals surface area contributed by atoms with Gasteiger partial charge in [0.15, 0.2) is 11.5 Å². The Bertz CT molecular complexity index is 750. The van der Waals surface area contributed by atoms with Crippen LogP contribution in [-0.4, -0.2) is 55.7 Å². The molecule has 1 aliphatic heterocycles. The standard InChI is InChI=1S/C18H21F2N3O3S/c1-25-15-3-2-14(10-16(15)26-17(19)20)21-18(24)23-7-5-22(6-8-23)11-13-4-9-27-12-13/h2-4,9-10,12,17H,5-8,11H2,1H3,(H,21,24). The van der Waals surface area contributed by atoms with E-state index in [9.17, 15) is 13.6 Å². The molecule has 0 radical (unpaired) electrons. The Morgan fingerprint density at radius 2 is 2.00 bits per heavy atom. The fourth-order valence-electron chi connectivity index (χ4n) is 2.89. The molecule has 1 aliphatic rings. The van der Waals surface area contributed by atoms with Crippen molar-refractivity contribution in [2.24, 2.45) is 0 Å². The van der Waals surface area contributed by atoms with E-state index in [0.29, 0.717) is 18.8 Å². The number of methoxy groups -OCH3 is 1. The van der Waals surface area contributed by atoms with Crippen LogP contribution in [0.5, 0.6) is 11.5 Å². The number of halogens is 2. The molecule has 2 aromatic rings. The lowest BCUT2D eigenvalue weighted by Crippen LogP contribution is -2.49. The molecule has 1 aromatic heterocycles. The lowest BCUT2D eigenvalue weighted by atomic mass is 10.2. The number of alkyl halides is 2. The number of nitrogens with zero attached hydrogens (tertiary/aromatic N) is 2. The molecule has 6 nitrogen and oxygen atoms in total. The monoisotopic (exact) mass is 397 g/mol. The molecule has 0 unspecified atom stereocenters. The minimum absolute atomic E-state index is 0.120. The Kier molecular flexibility index (Phi) is 6.46. The van der Waals surface area contributed by atoms with Crippen molar-refractivity contribution in [2.45, 2.75) is 13.2 Å². The number of thiophene rings is 1. The third kappa shape index (κ3) is 5.30. The van der Waals surface area contributed by atoms with Gasteiger partial charge in [0.1, 0.15) is 0 Å². The SMILES string of the molecule is COc1ccc(NC(=O)N2CCN(Cc3ccsc3)CC2)cc1OC(F)F. The third-order valence-electron chi connectivity index (χ3n) is 4.28. The summed E-state index contributed by atoms with van der Waals surface area (Å²) in [6.07, 6.45) is 0. The van der Waals surface area contributed by atoms with Crippen LogP contribution in [0.2, 0.25) is 0 Å². The Hall–Kier alpha value is -2.39. The summed E-state index contributed by atoms with van der Waals surface area (Å²) in [5, 5.41) is 6.91. The third-order valence-corrected chi connectivity index (χ3v) is 5.01. The van der Waals surface area contributed by atoms with Gasteiger partial charge in [0.2, 0.25) is 0 Å². The lowest BCUT2D eigenvalue weighted by molar-refractivity contribution is -0.0511. The zero-order valence-corrected chi connectivity index (χ0v) is 15.7. The van der Waals surface area contributed by atoms with Gasteiger partial charge in [0.05, 0.1) is 7.11 Å². The van der Waals surface area contributed by atoms with E-state index >= 15 is 0 Å². The van der Waals surface area contributed by atoms with Crippen molar-refractivity contribution in [2.75, 3.05) is 38.6 Å².